The van der Waals surface area contributed by atoms with Gasteiger partial charge in [0.05, 0.1) is 5.92 Å². The van der Waals surface area contributed by atoms with Crippen LogP contribution in [-0.4, -0.2) is 37.0 Å². The number of ether oxygens (including phenoxy) is 2. The summed E-state index contributed by atoms with van der Waals surface area (Å²) in [6.07, 6.45) is -1.95. The second-order valence-corrected chi connectivity index (χ2v) is 2.11. The van der Waals surface area contributed by atoms with Gasteiger partial charge >= 0.3 is 0 Å². The third-order valence-electron chi connectivity index (χ3n) is 1.38. The Morgan fingerprint density at radius 2 is 1.30 bits per heavy atom. The summed E-state index contributed by atoms with van der Waals surface area (Å²) in [6, 6.07) is 0. The summed E-state index contributed by atoms with van der Waals surface area (Å²) < 4.78 is 9.10. The summed E-state index contributed by atoms with van der Waals surface area (Å²) in [7, 11) is 2.73. The Bertz CT molecular complexity index is 75.8. The van der Waals surface area contributed by atoms with Gasteiger partial charge in [0.25, 0.3) is 0 Å². The van der Waals surface area contributed by atoms with E-state index in [1.165, 1.54) is 14.2 Å². The second-order valence-electron chi connectivity index (χ2n) is 2.11. The molecule has 0 fully saturated rings. The van der Waals surface area contributed by atoms with Crippen LogP contribution in [0.5, 0.6) is 0 Å². The molecule has 0 radical (unpaired) electrons. The van der Waals surface area contributed by atoms with Crippen LogP contribution in [0.2, 0.25) is 0 Å². The molecule has 0 aliphatic rings. The lowest BCUT2D eigenvalue weighted by Gasteiger charge is -2.20. The normalized spacial score (nSPS) is 20.1. The highest BCUT2D eigenvalue weighted by Gasteiger charge is 2.21. The highest BCUT2D eigenvalue weighted by Crippen LogP contribution is 2.09. The number of methoxy groups -OCH3 is 2. The van der Waals surface area contributed by atoms with Crippen LogP contribution in [0.1, 0.15) is 6.92 Å². The lowest BCUT2D eigenvalue weighted by molar-refractivity contribution is -0.195. The SMILES string of the molecule is COC(O)C(C)C(O)OC. The summed E-state index contributed by atoms with van der Waals surface area (Å²) in [5.74, 6) is -0.435. The zero-order valence-electron chi connectivity index (χ0n) is 6.44. The summed E-state index contributed by atoms with van der Waals surface area (Å²) in [5.41, 5.74) is 0. The highest BCUT2D eigenvalue weighted by molar-refractivity contribution is 4.56. The molecule has 0 rings (SSSR count). The topological polar surface area (TPSA) is 58.9 Å². The van der Waals surface area contributed by atoms with E-state index in [4.69, 9.17) is 10.2 Å². The van der Waals surface area contributed by atoms with Gasteiger partial charge in [0.2, 0.25) is 0 Å². The Morgan fingerprint density at radius 3 is 1.50 bits per heavy atom. The molecule has 2 atom stereocenters. The standard InChI is InChI=1S/C6H14O4/c1-4(5(7)9-2)6(8)10-3/h4-8H,1-3H3. The van der Waals surface area contributed by atoms with E-state index >= 15 is 0 Å². The van der Waals surface area contributed by atoms with Gasteiger partial charge in [-0.15, -0.1) is 0 Å². The monoisotopic (exact) mass is 150 g/mol. The highest BCUT2D eigenvalue weighted by atomic mass is 16.6. The molecule has 0 saturated carbocycles. The smallest absolute Gasteiger partial charge is 0.161 e. The van der Waals surface area contributed by atoms with E-state index in [-0.39, 0.29) is 0 Å². The second kappa shape index (κ2) is 4.62. The first-order valence-corrected chi connectivity index (χ1v) is 3.05. The maximum absolute atomic E-state index is 8.97. The van der Waals surface area contributed by atoms with Crippen LogP contribution in [0.3, 0.4) is 0 Å². The number of aliphatic hydroxyl groups excluding tert-OH is 2. The summed E-state index contributed by atoms with van der Waals surface area (Å²) in [6.45, 7) is 1.63. The van der Waals surface area contributed by atoms with Gasteiger partial charge in [-0.2, -0.15) is 0 Å². The maximum Gasteiger partial charge on any atom is 0.161 e. The Morgan fingerprint density at radius 1 is 1.00 bits per heavy atom. The molecule has 0 aliphatic heterocycles. The first kappa shape index (κ1) is 9.84. The number of hydrogen-bond acceptors (Lipinski definition) is 4. The fraction of sp³-hybridized carbons (Fsp3) is 1.00. The van der Waals surface area contributed by atoms with Crippen LogP contribution in [-0.2, 0) is 9.47 Å². The van der Waals surface area contributed by atoms with Gasteiger partial charge in [0, 0.05) is 14.2 Å². The summed E-state index contributed by atoms with van der Waals surface area (Å²) in [4.78, 5) is 0. The fourth-order valence-electron chi connectivity index (χ4n) is 0.570. The van der Waals surface area contributed by atoms with Crippen molar-refractivity contribution in [3.8, 4) is 0 Å². The molecule has 10 heavy (non-hydrogen) atoms. The average Bonchev–Trinajstić information content (AvgIpc) is 2.00. The van der Waals surface area contributed by atoms with Gasteiger partial charge in [0.15, 0.2) is 12.6 Å². The first-order chi connectivity index (χ1) is 4.63. The third-order valence-corrected chi connectivity index (χ3v) is 1.38. The number of hydrogen-bond donors (Lipinski definition) is 2. The molecule has 4 heteroatoms. The van der Waals surface area contributed by atoms with Gasteiger partial charge in [-0.05, 0) is 0 Å². The molecule has 2 unspecified atom stereocenters. The maximum atomic E-state index is 8.97. The van der Waals surface area contributed by atoms with E-state index in [9.17, 15) is 0 Å². The van der Waals surface area contributed by atoms with E-state index < -0.39 is 18.5 Å². The Kier molecular flexibility index (Phi) is 4.55. The van der Waals surface area contributed by atoms with Crippen molar-refractivity contribution in [3.63, 3.8) is 0 Å². The van der Waals surface area contributed by atoms with Crippen LogP contribution in [0, 0.1) is 5.92 Å². The van der Waals surface area contributed by atoms with E-state index in [0.29, 0.717) is 0 Å². The van der Waals surface area contributed by atoms with Gasteiger partial charge in [0.1, 0.15) is 0 Å². The minimum Gasteiger partial charge on any atom is -0.368 e. The van der Waals surface area contributed by atoms with Crippen molar-refractivity contribution in [2.24, 2.45) is 5.92 Å². The van der Waals surface area contributed by atoms with Crippen molar-refractivity contribution in [2.45, 2.75) is 19.5 Å². The predicted molar refractivity (Wildman–Crippen MR) is 35.2 cm³/mol. The van der Waals surface area contributed by atoms with Crippen LogP contribution < -0.4 is 0 Å². The van der Waals surface area contributed by atoms with Crippen molar-refractivity contribution in [1.29, 1.82) is 0 Å². The Hall–Kier alpha value is -0.160. The number of rotatable bonds is 4. The molecule has 62 valence electrons. The fourth-order valence-corrected chi connectivity index (χ4v) is 0.570. The quantitative estimate of drug-likeness (QED) is 0.533. The summed E-state index contributed by atoms with van der Waals surface area (Å²) in [5, 5.41) is 17.9. The van der Waals surface area contributed by atoms with Crippen molar-refractivity contribution >= 4 is 0 Å². The van der Waals surface area contributed by atoms with Crippen molar-refractivity contribution < 1.29 is 19.7 Å². The van der Waals surface area contributed by atoms with E-state index in [0.717, 1.165) is 0 Å². The minimum absolute atomic E-state index is 0.435. The molecule has 0 aliphatic carbocycles. The van der Waals surface area contributed by atoms with Crippen molar-refractivity contribution in [2.75, 3.05) is 14.2 Å². The molecular weight excluding hydrogens is 136 g/mol. The average molecular weight is 150 g/mol. The van der Waals surface area contributed by atoms with Gasteiger partial charge in [-0.1, -0.05) is 6.92 Å². The Balaban J connectivity index is 3.69. The molecule has 2 N–H and O–H groups in total. The molecule has 0 aromatic heterocycles. The molecule has 0 aromatic rings. The molecule has 0 heterocycles. The minimum atomic E-state index is -0.977. The van der Waals surface area contributed by atoms with Gasteiger partial charge < -0.3 is 19.7 Å². The van der Waals surface area contributed by atoms with Gasteiger partial charge in [-0.3, -0.25) is 0 Å². The first-order valence-electron chi connectivity index (χ1n) is 3.05. The zero-order chi connectivity index (χ0) is 8.15. The Labute approximate surface area is 60.4 Å². The molecule has 0 saturated heterocycles. The molecule has 0 bridgehead atoms. The molecule has 0 aromatic carbocycles. The molecule has 0 amide bonds. The predicted octanol–water partition coefficient (Wildman–Crippen LogP) is -0.448. The summed E-state index contributed by atoms with van der Waals surface area (Å²) >= 11 is 0. The molecular formula is C6H14O4. The van der Waals surface area contributed by atoms with E-state index in [1.807, 2.05) is 0 Å². The lowest BCUT2D eigenvalue weighted by atomic mass is 10.1. The van der Waals surface area contributed by atoms with Crippen molar-refractivity contribution in [1.82, 2.24) is 0 Å². The van der Waals surface area contributed by atoms with Crippen LogP contribution in [0.4, 0.5) is 0 Å². The molecule has 4 nitrogen and oxygen atoms in total. The largest absolute Gasteiger partial charge is 0.368 e. The van der Waals surface area contributed by atoms with Crippen LogP contribution in [0.15, 0.2) is 0 Å². The van der Waals surface area contributed by atoms with Gasteiger partial charge in [-0.25, -0.2) is 0 Å². The van der Waals surface area contributed by atoms with Crippen LogP contribution >= 0.6 is 0 Å². The third kappa shape index (κ3) is 2.62. The van der Waals surface area contributed by atoms with Crippen LogP contribution in [0.25, 0.3) is 0 Å². The van der Waals surface area contributed by atoms with Crippen molar-refractivity contribution in [3.05, 3.63) is 0 Å². The molecule has 0 spiro atoms. The van der Waals surface area contributed by atoms with E-state index in [2.05, 4.69) is 9.47 Å². The zero-order valence-corrected chi connectivity index (χ0v) is 6.44. The number of aliphatic hydroxyl groups is 2. The lowest BCUT2D eigenvalue weighted by Crippen LogP contribution is -2.31. The van der Waals surface area contributed by atoms with E-state index in [1.54, 1.807) is 6.92 Å².